The molecule has 0 N–H and O–H groups in total. The molecule has 1 aromatic carbocycles. The number of benzene rings is 1. The molecule has 3 rings (SSSR count). The summed E-state index contributed by atoms with van der Waals surface area (Å²) in [6.45, 7) is 3.57. The molecule has 0 spiro atoms. The van der Waals surface area contributed by atoms with Gasteiger partial charge in [0.15, 0.2) is 0 Å². The molecule has 2 aromatic rings. The van der Waals surface area contributed by atoms with E-state index in [1.54, 1.807) is 6.07 Å². The maximum Gasteiger partial charge on any atom is 0.139 e. The van der Waals surface area contributed by atoms with E-state index in [1.165, 1.54) is 6.07 Å². The minimum Gasteiger partial charge on any atom is -0.381 e. The molecule has 108 valence electrons. The lowest BCUT2D eigenvalue weighted by Crippen LogP contribution is -2.37. The third kappa shape index (κ3) is 2.26. The van der Waals surface area contributed by atoms with Gasteiger partial charge in [0.2, 0.25) is 0 Å². The summed E-state index contributed by atoms with van der Waals surface area (Å²) in [6.07, 6.45) is 1.75. The van der Waals surface area contributed by atoms with Crippen molar-refractivity contribution in [2.75, 3.05) is 13.2 Å². The van der Waals surface area contributed by atoms with E-state index < -0.39 is 0 Å². The van der Waals surface area contributed by atoms with Crippen LogP contribution in [0.5, 0.6) is 0 Å². The van der Waals surface area contributed by atoms with Crippen molar-refractivity contribution in [3.8, 4) is 0 Å². The number of rotatable bonds is 2. The highest BCUT2D eigenvalue weighted by Gasteiger charge is 2.33. The summed E-state index contributed by atoms with van der Waals surface area (Å²) >= 11 is 9.25. The Hall–Kier alpha value is -0.650. The number of fused-ring (bicyclic) bond motifs is 1. The van der Waals surface area contributed by atoms with E-state index in [2.05, 4.69) is 32.4 Å². The summed E-state index contributed by atoms with van der Waals surface area (Å²) in [6, 6.07) is 3.24. The summed E-state index contributed by atoms with van der Waals surface area (Å²) in [7, 11) is 0. The Kier molecular flexibility index (Phi) is 3.77. The molecule has 1 aromatic heterocycles. The number of alkyl halides is 1. The van der Waals surface area contributed by atoms with Crippen LogP contribution in [-0.2, 0) is 16.2 Å². The van der Waals surface area contributed by atoms with Gasteiger partial charge in [0, 0.05) is 24.8 Å². The van der Waals surface area contributed by atoms with Gasteiger partial charge in [-0.3, -0.25) is 0 Å². The largest absolute Gasteiger partial charge is 0.381 e. The second kappa shape index (κ2) is 5.28. The molecule has 1 saturated heterocycles. The molecule has 3 nitrogen and oxygen atoms in total. The fraction of sp³-hybridized carbons (Fsp3) is 0.500. The van der Waals surface area contributed by atoms with Crippen LogP contribution in [0.4, 0.5) is 4.39 Å². The van der Waals surface area contributed by atoms with Crippen LogP contribution in [0.1, 0.15) is 25.6 Å². The lowest BCUT2D eigenvalue weighted by Gasteiger charge is -2.36. The van der Waals surface area contributed by atoms with E-state index in [1.807, 2.05) is 0 Å². The zero-order chi connectivity index (χ0) is 14.3. The Bertz CT molecular complexity index is 652. The summed E-state index contributed by atoms with van der Waals surface area (Å²) in [5, 5.41) is 0. The molecule has 0 radical (unpaired) electrons. The molecule has 0 bridgehead atoms. The monoisotopic (exact) mass is 360 g/mol. The molecule has 6 heteroatoms. The van der Waals surface area contributed by atoms with Gasteiger partial charge < -0.3 is 9.30 Å². The van der Waals surface area contributed by atoms with Gasteiger partial charge in [0.25, 0.3) is 0 Å². The topological polar surface area (TPSA) is 27.1 Å². The van der Waals surface area contributed by atoms with Crippen molar-refractivity contribution < 1.29 is 9.13 Å². The van der Waals surface area contributed by atoms with E-state index in [0.717, 1.165) is 29.7 Å². The molecule has 20 heavy (non-hydrogen) atoms. The van der Waals surface area contributed by atoms with E-state index >= 15 is 0 Å². The minimum absolute atomic E-state index is 0.127. The summed E-state index contributed by atoms with van der Waals surface area (Å²) < 4.78 is 21.8. The molecule has 1 aliphatic rings. The van der Waals surface area contributed by atoms with E-state index in [-0.39, 0.29) is 11.4 Å². The van der Waals surface area contributed by atoms with Crippen molar-refractivity contribution in [1.29, 1.82) is 0 Å². The quantitative estimate of drug-likeness (QED) is 0.750. The number of ether oxygens (including phenoxy) is 1. The Labute approximate surface area is 130 Å². The fourth-order valence-electron chi connectivity index (χ4n) is 2.85. The summed E-state index contributed by atoms with van der Waals surface area (Å²) in [4.78, 5) is 4.55. The lowest BCUT2D eigenvalue weighted by molar-refractivity contribution is 0.0302. The van der Waals surface area contributed by atoms with Crippen LogP contribution >= 0.6 is 27.5 Å². The molecule has 2 heterocycles. The van der Waals surface area contributed by atoms with Gasteiger partial charge in [-0.25, -0.2) is 9.37 Å². The second-order valence-electron chi connectivity index (χ2n) is 5.36. The molecular weight excluding hydrogens is 347 g/mol. The van der Waals surface area contributed by atoms with E-state index in [0.29, 0.717) is 23.6 Å². The Morgan fingerprint density at radius 1 is 1.45 bits per heavy atom. The van der Waals surface area contributed by atoms with Gasteiger partial charge in [-0.15, -0.1) is 11.6 Å². The number of hydrogen-bond acceptors (Lipinski definition) is 2. The van der Waals surface area contributed by atoms with Gasteiger partial charge in [-0.05, 0) is 41.8 Å². The van der Waals surface area contributed by atoms with Crippen LogP contribution < -0.4 is 0 Å². The zero-order valence-corrected chi connectivity index (χ0v) is 13.5. The van der Waals surface area contributed by atoms with E-state index in [4.69, 9.17) is 16.3 Å². The lowest BCUT2D eigenvalue weighted by atomic mass is 9.91. The molecule has 0 saturated carbocycles. The molecular formula is C14H15BrClFN2O. The molecule has 1 fully saturated rings. The molecule has 1 aliphatic heterocycles. The van der Waals surface area contributed by atoms with Crippen molar-refractivity contribution in [2.45, 2.75) is 31.2 Å². The first-order chi connectivity index (χ1) is 9.55. The highest BCUT2D eigenvalue weighted by molar-refractivity contribution is 9.10. The van der Waals surface area contributed by atoms with E-state index in [9.17, 15) is 4.39 Å². The predicted molar refractivity (Wildman–Crippen MR) is 80.6 cm³/mol. The standard InChI is InChI=1S/C14H15BrClFN2O/c1-14(2-4-20-5-3-14)19-12-7-10(17)9(15)6-11(12)18-13(19)8-16/h6-7H,2-5,8H2,1H3. The number of aromatic nitrogens is 2. The van der Waals surface area contributed by atoms with Crippen LogP contribution in [0.2, 0.25) is 0 Å². The Balaban J connectivity index is 2.24. The number of imidazole rings is 1. The van der Waals surface area contributed by atoms with Gasteiger partial charge >= 0.3 is 0 Å². The average molecular weight is 362 g/mol. The van der Waals surface area contributed by atoms with Gasteiger partial charge in [-0.1, -0.05) is 0 Å². The highest BCUT2D eigenvalue weighted by Crippen LogP contribution is 2.35. The normalized spacial score (nSPS) is 18.6. The molecule has 0 unspecified atom stereocenters. The summed E-state index contributed by atoms with van der Waals surface area (Å²) in [5.41, 5.74) is 1.43. The molecule has 0 aliphatic carbocycles. The predicted octanol–water partition coefficient (Wildman–Crippen LogP) is 4.20. The zero-order valence-electron chi connectivity index (χ0n) is 11.1. The van der Waals surface area contributed by atoms with Crippen LogP contribution in [0.15, 0.2) is 16.6 Å². The van der Waals surface area contributed by atoms with Gasteiger partial charge in [-0.2, -0.15) is 0 Å². The van der Waals surface area contributed by atoms with Crippen molar-refractivity contribution >= 4 is 38.6 Å². The molecule has 0 amide bonds. The van der Waals surface area contributed by atoms with Crippen LogP contribution in [-0.4, -0.2) is 22.8 Å². The number of halogens is 3. The Morgan fingerprint density at radius 2 is 2.15 bits per heavy atom. The van der Waals surface area contributed by atoms with Gasteiger partial charge in [0.1, 0.15) is 11.6 Å². The van der Waals surface area contributed by atoms with Crippen molar-refractivity contribution in [3.05, 3.63) is 28.2 Å². The smallest absolute Gasteiger partial charge is 0.139 e. The fourth-order valence-corrected chi connectivity index (χ4v) is 3.36. The third-order valence-electron chi connectivity index (χ3n) is 4.00. The maximum absolute atomic E-state index is 13.9. The average Bonchev–Trinajstić information content (AvgIpc) is 2.78. The first kappa shape index (κ1) is 14.3. The highest BCUT2D eigenvalue weighted by atomic mass is 79.9. The first-order valence-electron chi connectivity index (χ1n) is 6.56. The third-order valence-corrected chi connectivity index (χ3v) is 4.84. The van der Waals surface area contributed by atoms with Crippen molar-refractivity contribution in [1.82, 2.24) is 9.55 Å². The minimum atomic E-state index is -0.282. The van der Waals surface area contributed by atoms with Crippen molar-refractivity contribution in [2.24, 2.45) is 0 Å². The van der Waals surface area contributed by atoms with Gasteiger partial charge in [0.05, 0.1) is 21.4 Å². The number of nitrogens with zero attached hydrogens (tertiary/aromatic N) is 2. The van der Waals surface area contributed by atoms with Crippen molar-refractivity contribution in [3.63, 3.8) is 0 Å². The Morgan fingerprint density at radius 3 is 2.80 bits per heavy atom. The number of hydrogen-bond donors (Lipinski definition) is 0. The molecule has 0 atom stereocenters. The van der Waals surface area contributed by atoms with Crippen LogP contribution in [0.3, 0.4) is 0 Å². The maximum atomic E-state index is 13.9. The van der Waals surface area contributed by atoms with Crippen LogP contribution in [0.25, 0.3) is 11.0 Å². The van der Waals surface area contributed by atoms with Crippen LogP contribution in [0, 0.1) is 5.82 Å². The second-order valence-corrected chi connectivity index (χ2v) is 6.48. The SMILES string of the molecule is CC1(n2c(CCl)nc3cc(Br)c(F)cc32)CCOCC1. The summed E-state index contributed by atoms with van der Waals surface area (Å²) in [5.74, 6) is 0.809. The first-order valence-corrected chi connectivity index (χ1v) is 7.88.